The van der Waals surface area contributed by atoms with Crippen LogP contribution in [0.5, 0.6) is 11.5 Å². The van der Waals surface area contributed by atoms with Gasteiger partial charge in [0.05, 0.1) is 26.2 Å². The van der Waals surface area contributed by atoms with E-state index < -0.39 is 16.1 Å². The standard InChI is InChI=1S/C21H28N2O5S/c1-16(21(24)22-14-8-11-17-9-6-5-7-10-17)23(29(4,25)26)18-12-13-19(27-2)20(15-18)28-3/h5-7,9-10,12-13,15-16H,8,11,14H2,1-4H3,(H,22,24)/t16-/m0/s1. The lowest BCUT2D eigenvalue weighted by Gasteiger charge is -2.28. The zero-order valence-electron chi connectivity index (χ0n) is 17.2. The molecule has 0 aliphatic carbocycles. The molecule has 0 unspecified atom stereocenters. The Bertz CT molecular complexity index is 916. The van der Waals surface area contributed by atoms with Gasteiger partial charge < -0.3 is 14.8 Å². The second-order valence-corrected chi connectivity index (χ2v) is 8.51. The average molecular weight is 421 g/mol. The fraction of sp³-hybridized carbons (Fsp3) is 0.381. The summed E-state index contributed by atoms with van der Waals surface area (Å²) >= 11 is 0. The van der Waals surface area contributed by atoms with Gasteiger partial charge in [-0.3, -0.25) is 9.10 Å². The van der Waals surface area contributed by atoms with Gasteiger partial charge in [0.25, 0.3) is 0 Å². The first-order chi connectivity index (χ1) is 13.8. The van der Waals surface area contributed by atoms with Crippen LogP contribution in [-0.2, 0) is 21.2 Å². The molecule has 0 spiro atoms. The lowest BCUT2D eigenvalue weighted by atomic mass is 10.1. The fourth-order valence-corrected chi connectivity index (χ4v) is 4.23. The molecule has 0 heterocycles. The van der Waals surface area contributed by atoms with Crippen molar-refractivity contribution in [1.82, 2.24) is 5.32 Å². The Kier molecular flexibility index (Phi) is 7.90. The van der Waals surface area contributed by atoms with E-state index >= 15 is 0 Å². The number of hydrogen-bond donors (Lipinski definition) is 1. The number of amides is 1. The van der Waals surface area contributed by atoms with Gasteiger partial charge in [-0.25, -0.2) is 8.42 Å². The highest BCUT2D eigenvalue weighted by Crippen LogP contribution is 2.33. The van der Waals surface area contributed by atoms with Crippen LogP contribution in [-0.4, -0.2) is 47.4 Å². The molecule has 0 radical (unpaired) electrons. The number of methoxy groups -OCH3 is 2. The van der Waals surface area contributed by atoms with Crippen molar-refractivity contribution >= 4 is 21.6 Å². The number of ether oxygens (including phenoxy) is 2. The number of nitrogens with one attached hydrogen (secondary N) is 1. The van der Waals surface area contributed by atoms with Crippen molar-refractivity contribution in [1.29, 1.82) is 0 Å². The van der Waals surface area contributed by atoms with Crippen LogP contribution >= 0.6 is 0 Å². The van der Waals surface area contributed by atoms with Crippen LogP contribution in [0.4, 0.5) is 5.69 Å². The molecule has 0 fully saturated rings. The quantitative estimate of drug-likeness (QED) is 0.597. The predicted octanol–water partition coefficient (Wildman–Crippen LogP) is 2.61. The van der Waals surface area contributed by atoms with E-state index in [1.54, 1.807) is 25.1 Å². The summed E-state index contributed by atoms with van der Waals surface area (Å²) in [6, 6.07) is 13.8. The van der Waals surface area contributed by atoms with Gasteiger partial charge in [-0.1, -0.05) is 30.3 Å². The van der Waals surface area contributed by atoms with Crippen LogP contribution in [0.3, 0.4) is 0 Å². The molecule has 0 aliphatic heterocycles. The van der Waals surface area contributed by atoms with Crippen molar-refractivity contribution < 1.29 is 22.7 Å². The number of aryl methyl sites for hydroxylation is 1. The summed E-state index contributed by atoms with van der Waals surface area (Å²) in [5.74, 6) is 0.495. The zero-order chi connectivity index (χ0) is 21.4. The van der Waals surface area contributed by atoms with Gasteiger partial charge in [0.1, 0.15) is 6.04 Å². The number of benzene rings is 2. The molecule has 0 saturated heterocycles. The Balaban J connectivity index is 2.08. The Morgan fingerprint density at radius 1 is 1.07 bits per heavy atom. The third-order valence-corrected chi connectivity index (χ3v) is 5.74. The molecule has 158 valence electrons. The van der Waals surface area contributed by atoms with Crippen molar-refractivity contribution in [2.24, 2.45) is 0 Å². The van der Waals surface area contributed by atoms with E-state index in [0.717, 1.165) is 23.4 Å². The number of nitrogens with zero attached hydrogens (tertiary/aromatic N) is 1. The summed E-state index contributed by atoms with van der Waals surface area (Å²) in [5, 5.41) is 2.83. The topological polar surface area (TPSA) is 84.9 Å². The summed E-state index contributed by atoms with van der Waals surface area (Å²) in [6.45, 7) is 2.02. The molecule has 2 aromatic rings. The molecule has 7 nitrogen and oxygen atoms in total. The monoisotopic (exact) mass is 420 g/mol. The highest BCUT2D eigenvalue weighted by molar-refractivity contribution is 7.92. The molecular weight excluding hydrogens is 392 g/mol. The largest absolute Gasteiger partial charge is 0.493 e. The normalized spacial score (nSPS) is 12.1. The number of anilines is 1. The summed E-state index contributed by atoms with van der Waals surface area (Å²) in [5.41, 5.74) is 1.52. The summed E-state index contributed by atoms with van der Waals surface area (Å²) in [4.78, 5) is 12.6. The summed E-state index contributed by atoms with van der Waals surface area (Å²) in [6.07, 6.45) is 2.67. The number of carbonyl (C=O) groups is 1. The van der Waals surface area contributed by atoms with Crippen LogP contribution in [0.1, 0.15) is 18.9 Å². The van der Waals surface area contributed by atoms with Crippen LogP contribution in [0.25, 0.3) is 0 Å². The van der Waals surface area contributed by atoms with Gasteiger partial charge in [-0.2, -0.15) is 0 Å². The van der Waals surface area contributed by atoms with Gasteiger partial charge in [-0.15, -0.1) is 0 Å². The second-order valence-electron chi connectivity index (χ2n) is 6.65. The molecule has 0 aliphatic rings. The van der Waals surface area contributed by atoms with Gasteiger partial charge in [-0.05, 0) is 37.5 Å². The number of rotatable bonds is 10. The van der Waals surface area contributed by atoms with Gasteiger partial charge in [0, 0.05) is 12.6 Å². The third kappa shape index (κ3) is 6.12. The van der Waals surface area contributed by atoms with Gasteiger partial charge in [0.15, 0.2) is 11.5 Å². The first-order valence-electron chi connectivity index (χ1n) is 9.31. The molecule has 8 heteroatoms. The third-order valence-electron chi connectivity index (χ3n) is 4.49. The van der Waals surface area contributed by atoms with Crippen molar-refractivity contribution in [2.75, 3.05) is 31.3 Å². The number of carbonyl (C=O) groups excluding carboxylic acids is 1. The highest BCUT2D eigenvalue weighted by Gasteiger charge is 2.29. The molecule has 1 atom stereocenters. The second kappa shape index (κ2) is 10.2. The summed E-state index contributed by atoms with van der Waals surface area (Å²) < 4.78 is 36.4. The number of hydrogen-bond acceptors (Lipinski definition) is 5. The fourth-order valence-electron chi connectivity index (χ4n) is 3.07. The minimum Gasteiger partial charge on any atom is -0.493 e. The van der Waals surface area contributed by atoms with Crippen molar-refractivity contribution in [3.05, 3.63) is 54.1 Å². The van der Waals surface area contributed by atoms with Crippen molar-refractivity contribution in [3.63, 3.8) is 0 Å². The van der Waals surface area contributed by atoms with E-state index in [1.165, 1.54) is 19.8 Å². The SMILES string of the molecule is COc1ccc(N([C@@H](C)C(=O)NCCCc2ccccc2)S(C)(=O)=O)cc1OC. The van der Waals surface area contributed by atoms with E-state index in [0.29, 0.717) is 23.7 Å². The molecule has 0 saturated carbocycles. The molecule has 1 amide bonds. The summed E-state index contributed by atoms with van der Waals surface area (Å²) in [7, 11) is -0.739. The zero-order valence-corrected chi connectivity index (χ0v) is 18.0. The lowest BCUT2D eigenvalue weighted by molar-refractivity contribution is -0.121. The van der Waals surface area contributed by atoms with E-state index in [4.69, 9.17) is 9.47 Å². The molecule has 0 bridgehead atoms. The molecule has 29 heavy (non-hydrogen) atoms. The van der Waals surface area contributed by atoms with Crippen LogP contribution < -0.4 is 19.1 Å². The Hall–Kier alpha value is -2.74. The van der Waals surface area contributed by atoms with Crippen molar-refractivity contribution in [3.8, 4) is 11.5 Å². The maximum Gasteiger partial charge on any atom is 0.243 e. The van der Waals surface area contributed by atoms with Crippen molar-refractivity contribution in [2.45, 2.75) is 25.8 Å². The number of sulfonamides is 1. The minimum atomic E-state index is -3.70. The molecule has 2 aromatic carbocycles. The first kappa shape index (κ1) is 22.5. The minimum absolute atomic E-state index is 0.331. The van der Waals surface area contributed by atoms with Crippen LogP contribution in [0.2, 0.25) is 0 Å². The smallest absolute Gasteiger partial charge is 0.243 e. The molecule has 0 aromatic heterocycles. The maximum absolute atomic E-state index is 12.6. The highest BCUT2D eigenvalue weighted by atomic mass is 32.2. The van der Waals surface area contributed by atoms with Crippen LogP contribution in [0, 0.1) is 0 Å². The molecule has 1 N–H and O–H groups in total. The predicted molar refractivity (Wildman–Crippen MR) is 114 cm³/mol. The maximum atomic E-state index is 12.6. The Morgan fingerprint density at radius 3 is 2.31 bits per heavy atom. The van der Waals surface area contributed by atoms with E-state index in [9.17, 15) is 13.2 Å². The molecular formula is C21H28N2O5S. The van der Waals surface area contributed by atoms with Gasteiger partial charge >= 0.3 is 0 Å². The Morgan fingerprint density at radius 2 is 1.72 bits per heavy atom. The van der Waals surface area contributed by atoms with E-state index in [-0.39, 0.29) is 5.91 Å². The van der Waals surface area contributed by atoms with E-state index in [2.05, 4.69) is 5.32 Å². The Labute approximate surface area is 172 Å². The van der Waals surface area contributed by atoms with Crippen LogP contribution in [0.15, 0.2) is 48.5 Å². The lowest BCUT2D eigenvalue weighted by Crippen LogP contribution is -2.48. The average Bonchev–Trinajstić information content (AvgIpc) is 2.70. The van der Waals surface area contributed by atoms with E-state index in [1.807, 2.05) is 30.3 Å². The van der Waals surface area contributed by atoms with Gasteiger partial charge in [0.2, 0.25) is 15.9 Å². The molecule has 2 rings (SSSR count). The first-order valence-corrected chi connectivity index (χ1v) is 11.2.